The minimum absolute atomic E-state index is 0.121. The number of hydrogen-bond donors (Lipinski definition) is 0. The highest BCUT2D eigenvalue weighted by atomic mass is 16.5. The zero-order valence-corrected chi connectivity index (χ0v) is 15.0. The van der Waals surface area contributed by atoms with Crippen LogP contribution in [0.3, 0.4) is 0 Å². The lowest BCUT2D eigenvalue weighted by Gasteiger charge is -2.40. The lowest BCUT2D eigenvalue weighted by molar-refractivity contribution is -0.142. The number of rotatable bonds is 5. The van der Waals surface area contributed by atoms with Gasteiger partial charge in [-0.05, 0) is 19.4 Å². The molecule has 0 N–H and O–H groups in total. The molecule has 6 heteroatoms. The van der Waals surface area contributed by atoms with E-state index < -0.39 is 0 Å². The first-order valence-electron chi connectivity index (χ1n) is 9.29. The van der Waals surface area contributed by atoms with Crippen molar-refractivity contribution < 1.29 is 9.53 Å². The predicted octanol–water partition coefficient (Wildman–Crippen LogP) is 1.97. The second-order valence-corrected chi connectivity index (χ2v) is 6.95. The number of hydrogen-bond acceptors (Lipinski definition) is 4. The van der Waals surface area contributed by atoms with Gasteiger partial charge in [-0.2, -0.15) is 0 Å². The van der Waals surface area contributed by atoms with Gasteiger partial charge in [-0.15, -0.1) is 0 Å². The Labute approximate surface area is 144 Å². The molecule has 2 fully saturated rings. The van der Waals surface area contributed by atoms with Crippen molar-refractivity contribution in [2.24, 2.45) is 7.05 Å². The number of aryl methyl sites for hydroxylation is 1. The molecule has 1 aliphatic heterocycles. The van der Waals surface area contributed by atoms with Crippen LogP contribution < -0.4 is 0 Å². The van der Waals surface area contributed by atoms with E-state index in [1.807, 2.05) is 24.3 Å². The van der Waals surface area contributed by atoms with Gasteiger partial charge < -0.3 is 14.2 Å². The fraction of sp³-hybridized carbons (Fsp3) is 0.778. The predicted molar refractivity (Wildman–Crippen MR) is 92.6 cm³/mol. The standard InChI is InChI=1S/C18H30N4O2/c1-3-21-11-12-22(13-16(21)18-19-9-10-20(18)2)17(23)14-24-15-7-5-4-6-8-15/h9-10,15-16H,3-8,11-14H2,1-2H3/t16-/m0/s1. The molecule has 2 aliphatic rings. The van der Waals surface area contributed by atoms with E-state index in [1.54, 1.807) is 0 Å². The summed E-state index contributed by atoms with van der Waals surface area (Å²) >= 11 is 0. The van der Waals surface area contributed by atoms with Crippen LogP contribution in [0.25, 0.3) is 0 Å². The summed E-state index contributed by atoms with van der Waals surface area (Å²) in [6, 6.07) is 0.169. The van der Waals surface area contributed by atoms with Crippen LogP contribution in [0.1, 0.15) is 50.9 Å². The van der Waals surface area contributed by atoms with Gasteiger partial charge in [0.05, 0.1) is 12.1 Å². The fourth-order valence-electron chi connectivity index (χ4n) is 3.88. The first-order chi connectivity index (χ1) is 11.7. The van der Waals surface area contributed by atoms with Crippen LogP contribution in [0, 0.1) is 0 Å². The SMILES string of the molecule is CCN1CCN(C(=O)COC2CCCCC2)C[C@H]1c1nccn1C. The normalized spacial score (nSPS) is 23.6. The third kappa shape index (κ3) is 3.98. The summed E-state index contributed by atoms with van der Waals surface area (Å²) in [5.41, 5.74) is 0. The number of likely N-dealkylation sites (N-methyl/N-ethyl adjacent to an activating group) is 1. The molecule has 134 valence electrons. The molecule has 0 unspecified atom stereocenters. The van der Waals surface area contributed by atoms with Gasteiger partial charge in [0.1, 0.15) is 12.4 Å². The summed E-state index contributed by atoms with van der Waals surface area (Å²) in [6.07, 6.45) is 10.1. The number of piperazine rings is 1. The van der Waals surface area contributed by atoms with E-state index in [9.17, 15) is 4.79 Å². The van der Waals surface area contributed by atoms with E-state index in [0.29, 0.717) is 6.54 Å². The lowest BCUT2D eigenvalue weighted by Crippen LogP contribution is -2.51. The summed E-state index contributed by atoms with van der Waals surface area (Å²) in [6.45, 7) is 5.73. The van der Waals surface area contributed by atoms with Crippen molar-refractivity contribution in [3.05, 3.63) is 18.2 Å². The van der Waals surface area contributed by atoms with Crippen molar-refractivity contribution in [1.29, 1.82) is 0 Å². The second kappa shape index (κ2) is 8.12. The summed E-state index contributed by atoms with van der Waals surface area (Å²) < 4.78 is 7.93. The maximum Gasteiger partial charge on any atom is 0.248 e. The third-order valence-electron chi connectivity index (χ3n) is 5.40. The molecule has 3 rings (SSSR count). The number of carbonyl (C=O) groups excluding carboxylic acids is 1. The quantitative estimate of drug-likeness (QED) is 0.826. The van der Waals surface area contributed by atoms with Gasteiger partial charge in [0.2, 0.25) is 5.91 Å². The molecule has 1 aromatic heterocycles. The van der Waals surface area contributed by atoms with Crippen molar-refractivity contribution in [1.82, 2.24) is 19.4 Å². The Morgan fingerprint density at radius 1 is 1.29 bits per heavy atom. The Balaban J connectivity index is 1.57. The van der Waals surface area contributed by atoms with Gasteiger partial charge in [-0.25, -0.2) is 4.98 Å². The molecular formula is C18H30N4O2. The van der Waals surface area contributed by atoms with Gasteiger partial charge in [0.15, 0.2) is 0 Å². The molecule has 24 heavy (non-hydrogen) atoms. The molecule has 0 spiro atoms. The van der Waals surface area contributed by atoms with E-state index in [0.717, 1.165) is 38.3 Å². The molecule has 1 saturated heterocycles. The maximum absolute atomic E-state index is 12.6. The Kier molecular flexibility index (Phi) is 5.89. The van der Waals surface area contributed by atoms with Gasteiger partial charge in [0.25, 0.3) is 0 Å². The number of imidazole rings is 1. The smallest absolute Gasteiger partial charge is 0.248 e. The largest absolute Gasteiger partial charge is 0.368 e. The molecule has 0 bridgehead atoms. The van der Waals surface area contributed by atoms with Crippen molar-refractivity contribution in [3.63, 3.8) is 0 Å². The van der Waals surface area contributed by atoms with Crippen LogP contribution in [0.5, 0.6) is 0 Å². The number of carbonyl (C=O) groups is 1. The van der Waals surface area contributed by atoms with Gasteiger partial charge in [0, 0.05) is 39.1 Å². The topological polar surface area (TPSA) is 50.6 Å². The highest BCUT2D eigenvalue weighted by Gasteiger charge is 2.32. The van der Waals surface area contributed by atoms with Crippen LogP contribution in [-0.2, 0) is 16.6 Å². The number of ether oxygens (including phenoxy) is 1. The highest BCUT2D eigenvalue weighted by Crippen LogP contribution is 2.24. The van der Waals surface area contributed by atoms with Gasteiger partial charge >= 0.3 is 0 Å². The zero-order valence-electron chi connectivity index (χ0n) is 15.0. The summed E-state index contributed by atoms with van der Waals surface area (Å²) in [4.78, 5) is 21.4. The Bertz CT molecular complexity index is 539. The maximum atomic E-state index is 12.6. The van der Waals surface area contributed by atoms with Crippen LogP contribution in [-0.4, -0.2) is 64.1 Å². The van der Waals surface area contributed by atoms with Crippen molar-refractivity contribution in [2.75, 3.05) is 32.8 Å². The first kappa shape index (κ1) is 17.4. The molecular weight excluding hydrogens is 304 g/mol. The molecule has 1 saturated carbocycles. The number of amides is 1. The van der Waals surface area contributed by atoms with Gasteiger partial charge in [-0.1, -0.05) is 26.2 Å². The Hall–Kier alpha value is -1.40. The number of aromatic nitrogens is 2. The van der Waals surface area contributed by atoms with Crippen molar-refractivity contribution in [3.8, 4) is 0 Å². The highest BCUT2D eigenvalue weighted by molar-refractivity contribution is 5.77. The molecule has 0 radical (unpaired) electrons. The average Bonchev–Trinajstić information content (AvgIpc) is 3.05. The van der Waals surface area contributed by atoms with E-state index in [4.69, 9.17) is 4.74 Å². The fourth-order valence-corrected chi connectivity index (χ4v) is 3.88. The van der Waals surface area contributed by atoms with Crippen molar-refractivity contribution in [2.45, 2.75) is 51.2 Å². The van der Waals surface area contributed by atoms with Crippen LogP contribution in [0.15, 0.2) is 12.4 Å². The second-order valence-electron chi connectivity index (χ2n) is 6.95. The molecule has 1 amide bonds. The summed E-state index contributed by atoms with van der Waals surface area (Å²) in [5, 5.41) is 0. The van der Waals surface area contributed by atoms with E-state index in [2.05, 4.69) is 21.4 Å². The van der Waals surface area contributed by atoms with Crippen LogP contribution in [0.4, 0.5) is 0 Å². The van der Waals surface area contributed by atoms with E-state index in [-0.39, 0.29) is 24.7 Å². The Morgan fingerprint density at radius 3 is 2.75 bits per heavy atom. The minimum Gasteiger partial charge on any atom is -0.368 e. The van der Waals surface area contributed by atoms with E-state index in [1.165, 1.54) is 19.3 Å². The summed E-state index contributed by atoms with van der Waals surface area (Å²) in [5.74, 6) is 1.15. The van der Waals surface area contributed by atoms with E-state index >= 15 is 0 Å². The third-order valence-corrected chi connectivity index (χ3v) is 5.40. The minimum atomic E-state index is 0.121. The first-order valence-corrected chi connectivity index (χ1v) is 9.29. The summed E-state index contributed by atoms with van der Waals surface area (Å²) in [7, 11) is 2.02. The molecule has 6 nitrogen and oxygen atoms in total. The van der Waals surface area contributed by atoms with Crippen LogP contribution in [0.2, 0.25) is 0 Å². The lowest BCUT2D eigenvalue weighted by atomic mass is 9.98. The van der Waals surface area contributed by atoms with Crippen LogP contribution >= 0.6 is 0 Å². The van der Waals surface area contributed by atoms with Crippen molar-refractivity contribution >= 4 is 5.91 Å². The van der Waals surface area contributed by atoms with Gasteiger partial charge in [-0.3, -0.25) is 9.69 Å². The zero-order chi connectivity index (χ0) is 16.9. The molecule has 1 aromatic rings. The molecule has 1 aliphatic carbocycles. The molecule has 1 atom stereocenters. The monoisotopic (exact) mass is 334 g/mol. The Morgan fingerprint density at radius 2 is 2.08 bits per heavy atom. The number of nitrogens with zero attached hydrogens (tertiary/aromatic N) is 4. The molecule has 2 heterocycles. The molecule has 0 aromatic carbocycles. The average molecular weight is 334 g/mol.